The van der Waals surface area contributed by atoms with Gasteiger partial charge in [0.15, 0.2) is 11.5 Å². The summed E-state index contributed by atoms with van der Waals surface area (Å²) in [4.78, 5) is 11.8. The van der Waals surface area contributed by atoms with Crippen molar-refractivity contribution in [2.45, 2.75) is 19.9 Å². The standard InChI is InChI=1S/C14H18BrNO3/c1-8-4-10(8)14(17)16-7-9-5-12(18-2)13(19-3)6-11(9)15/h5-6,8,10H,4,7H2,1-3H3,(H,16,17)/t8-,10-/m0/s1. The molecule has 0 aliphatic heterocycles. The van der Waals surface area contributed by atoms with Gasteiger partial charge < -0.3 is 14.8 Å². The van der Waals surface area contributed by atoms with Crippen LogP contribution in [0.15, 0.2) is 16.6 Å². The van der Waals surface area contributed by atoms with Crippen LogP contribution in [0.3, 0.4) is 0 Å². The quantitative estimate of drug-likeness (QED) is 0.904. The lowest BCUT2D eigenvalue weighted by atomic mass is 10.2. The van der Waals surface area contributed by atoms with E-state index < -0.39 is 0 Å². The zero-order chi connectivity index (χ0) is 14.0. The molecule has 0 spiro atoms. The number of carbonyl (C=O) groups excluding carboxylic acids is 1. The minimum atomic E-state index is 0.134. The van der Waals surface area contributed by atoms with Crippen LogP contribution >= 0.6 is 15.9 Å². The highest BCUT2D eigenvalue weighted by Crippen LogP contribution is 2.38. The summed E-state index contributed by atoms with van der Waals surface area (Å²) in [5.74, 6) is 2.18. The zero-order valence-electron chi connectivity index (χ0n) is 11.3. The van der Waals surface area contributed by atoms with Crippen molar-refractivity contribution >= 4 is 21.8 Å². The Morgan fingerprint density at radius 1 is 1.37 bits per heavy atom. The first-order valence-electron chi connectivity index (χ1n) is 6.25. The molecule has 1 saturated carbocycles. The maximum Gasteiger partial charge on any atom is 0.223 e. The molecule has 1 aliphatic carbocycles. The van der Waals surface area contributed by atoms with Crippen LogP contribution in [0.25, 0.3) is 0 Å². The van der Waals surface area contributed by atoms with Gasteiger partial charge >= 0.3 is 0 Å². The largest absolute Gasteiger partial charge is 0.493 e. The molecular weight excluding hydrogens is 310 g/mol. The van der Waals surface area contributed by atoms with Crippen LogP contribution in [0.1, 0.15) is 18.9 Å². The molecule has 1 N–H and O–H groups in total. The predicted molar refractivity (Wildman–Crippen MR) is 76.4 cm³/mol. The van der Waals surface area contributed by atoms with Crippen LogP contribution < -0.4 is 14.8 Å². The molecule has 0 saturated heterocycles. The first-order chi connectivity index (χ1) is 9.06. The summed E-state index contributed by atoms with van der Waals surface area (Å²) in [6.07, 6.45) is 0.999. The molecule has 2 atom stereocenters. The number of hydrogen-bond acceptors (Lipinski definition) is 3. The fraction of sp³-hybridized carbons (Fsp3) is 0.500. The van der Waals surface area contributed by atoms with E-state index >= 15 is 0 Å². The molecule has 0 heterocycles. The monoisotopic (exact) mass is 327 g/mol. The predicted octanol–water partition coefficient (Wildman–Crippen LogP) is 2.74. The fourth-order valence-corrected chi connectivity index (χ4v) is 2.50. The molecule has 1 aromatic carbocycles. The summed E-state index contributed by atoms with van der Waals surface area (Å²) in [6.45, 7) is 2.58. The van der Waals surface area contributed by atoms with Crippen LogP contribution in [0.5, 0.6) is 11.5 Å². The van der Waals surface area contributed by atoms with E-state index in [2.05, 4.69) is 28.2 Å². The van der Waals surface area contributed by atoms with Gasteiger partial charge in [0.1, 0.15) is 0 Å². The van der Waals surface area contributed by atoms with Gasteiger partial charge in [-0.1, -0.05) is 22.9 Å². The van der Waals surface area contributed by atoms with E-state index in [1.165, 1.54) is 0 Å². The summed E-state index contributed by atoms with van der Waals surface area (Å²) < 4.78 is 11.4. The summed E-state index contributed by atoms with van der Waals surface area (Å²) in [5.41, 5.74) is 0.972. The average Bonchev–Trinajstić information content (AvgIpc) is 3.13. The van der Waals surface area contributed by atoms with Gasteiger partial charge in [-0.2, -0.15) is 0 Å². The first-order valence-corrected chi connectivity index (χ1v) is 7.04. The molecular formula is C14H18BrNO3. The van der Waals surface area contributed by atoms with Crippen LogP contribution in [0, 0.1) is 11.8 Å². The molecule has 0 unspecified atom stereocenters. The maximum atomic E-state index is 11.8. The van der Waals surface area contributed by atoms with Crippen LogP contribution in [0.4, 0.5) is 0 Å². The summed E-state index contributed by atoms with van der Waals surface area (Å²) >= 11 is 3.48. The Bertz CT molecular complexity index is 490. The van der Waals surface area contributed by atoms with Crippen LogP contribution in [-0.4, -0.2) is 20.1 Å². The number of rotatable bonds is 5. The third-order valence-electron chi connectivity index (χ3n) is 3.45. The van der Waals surface area contributed by atoms with Crippen LogP contribution in [-0.2, 0) is 11.3 Å². The number of ether oxygens (including phenoxy) is 2. The number of benzene rings is 1. The lowest BCUT2D eigenvalue weighted by Crippen LogP contribution is -2.25. The lowest BCUT2D eigenvalue weighted by Gasteiger charge is -2.12. The minimum Gasteiger partial charge on any atom is -0.493 e. The number of nitrogens with one attached hydrogen (secondary N) is 1. The topological polar surface area (TPSA) is 47.6 Å². The molecule has 5 heteroatoms. The Kier molecular flexibility index (Phi) is 4.34. The second-order valence-electron chi connectivity index (χ2n) is 4.84. The van der Waals surface area contributed by atoms with Crippen molar-refractivity contribution < 1.29 is 14.3 Å². The number of hydrogen-bond donors (Lipinski definition) is 1. The minimum absolute atomic E-state index is 0.134. The number of amides is 1. The molecule has 4 nitrogen and oxygen atoms in total. The zero-order valence-corrected chi connectivity index (χ0v) is 12.9. The molecule has 104 valence electrons. The molecule has 1 amide bonds. The summed E-state index contributed by atoms with van der Waals surface area (Å²) in [5, 5.41) is 2.96. The van der Waals surface area contributed by atoms with E-state index in [4.69, 9.17) is 9.47 Å². The Balaban J connectivity index is 2.05. The van der Waals surface area contributed by atoms with Gasteiger partial charge in [-0.15, -0.1) is 0 Å². The van der Waals surface area contributed by atoms with E-state index in [0.29, 0.717) is 24.0 Å². The molecule has 0 radical (unpaired) electrons. The SMILES string of the molecule is COc1cc(Br)c(CNC(=O)[C@H]2C[C@@H]2C)cc1OC. The summed E-state index contributed by atoms with van der Waals surface area (Å²) in [7, 11) is 3.19. The van der Waals surface area contributed by atoms with Gasteiger partial charge in [-0.05, 0) is 30.0 Å². The molecule has 0 aromatic heterocycles. The molecule has 0 bridgehead atoms. The highest BCUT2D eigenvalue weighted by Gasteiger charge is 2.38. The van der Waals surface area contributed by atoms with Crippen molar-refractivity contribution in [3.8, 4) is 11.5 Å². The van der Waals surface area contributed by atoms with Crippen molar-refractivity contribution in [1.29, 1.82) is 0 Å². The Morgan fingerprint density at radius 2 is 1.95 bits per heavy atom. The Labute approximate surface area is 121 Å². The number of halogens is 1. The van der Waals surface area contributed by atoms with Gasteiger partial charge in [-0.25, -0.2) is 0 Å². The van der Waals surface area contributed by atoms with E-state index in [1.807, 2.05) is 12.1 Å². The van der Waals surface area contributed by atoms with E-state index in [1.54, 1.807) is 14.2 Å². The van der Waals surface area contributed by atoms with Gasteiger partial charge in [0.2, 0.25) is 5.91 Å². The van der Waals surface area contributed by atoms with E-state index in [0.717, 1.165) is 16.5 Å². The third-order valence-corrected chi connectivity index (χ3v) is 4.19. The highest BCUT2D eigenvalue weighted by atomic mass is 79.9. The van der Waals surface area contributed by atoms with Gasteiger partial charge in [0.25, 0.3) is 0 Å². The fourth-order valence-electron chi connectivity index (χ4n) is 2.03. The Hall–Kier alpha value is -1.23. The van der Waals surface area contributed by atoms with Crippen molar-refractivity contribution in [2.75, 3.05) is 14.2 Å². The smallest absolute Gasteiger partial charge is 0.223 e. The van der Waals surface area contributed by atoms with Crippen molar-refractivity contribution in [1.82, 2.24) is 5.32 Å². The second kappa shape index (κ2) is 5.82. The molecule has 1 aliphatic rings. The van der Waals surface area contributed by atoms with Crippen molar-refractivity contribution in [2.24, 2.45) is 11.8 Å². The molecule has 1 fully saturated rings. The van der Waals surface area contributed by atoms with E-state index in [9.17, 15) is 4.79 Å². The average molecular weight is 328 g/mol. The van der Waals surface area contributed by atoms with E-state index in [-0.39, 0.29) is 11.8 Å². The lowest BCUT2D eigenvalue weighted by molar-refractivity contribution is -0.122. The molecule has 1 aromatic rings. The molecule has 2 rings (SSSR count). The third kappa shape index (κ3) is 3.21. The summed E-state index contributed by atoms with van der Waals surface area (Å²) in [6, 6.07) is 3.72. The van der Waals surface area contributed by atoms with Crippen LogP contribution in [0.2, 0.25) is 0 Å². The van der Waals surface area contributed by atoms with Crippen molar-refractivity contribution in [3.05, 3.63) is 22.2 Å². The first kappa shape index (κ1) is 14.2. The van der Waals surface area contributed by atoms with Gasteiger partial charge in [0.05, 0.1) is 14.2 Å². The van der Waals surface area contributed by atoms with Gasteiger partial charge in [-0.3, -0.25) is 4.79 Å². The normalized spacial score (nSPS) is 20.8. The maximum absolute atomic E-state index is 11.8. The van der Waals surface area contributed by atoms with Gasteiger partial charge in [0, 0.05) is 16.9 Å². The highest BCUT2D eigenvalue weighted by molar-refractivity contribution is 9.10. The van der Waals surface area contributed by atoms with Crippen molar-refractivity contribution in [3.63, 3.8) is 0 Å². The Morgan fingerprint density at radius 3 is 2.47 bits per heavy atom. The molecule has 19 heavy (non-hydrogen) atoms. The number of methoxy groups -OCH3 is 2. The second-order valence-corrected chi connectivity index (χ2v) is 5.69. The number of carbonyl (C=O) groups is 1.